The molecular formula is C41H55N5O11Si2. The predicted molar refractivity (Wildman–Crippen MR) is 220 cm³/mol. The number of benzene rings is 2. The van der Waals surface area contributed by atoms with E-state index in [1.807, 2.05) is 0 Å². The van der Waals surface area contributed by atoms with Crippen LogP contribution in [0.5, 0.6) is 0 Å². The number of hydrogen-bond donors (Lipinski definition) is 3. The summed E-state index contributed by atoms with van der Waals surface area (Å²) < 4.78 is 42.8. The lowest BCUT2D eigenvalue weighted by Gasteiger charge is -2.51. The van der Waals surface area contributed by atoms with Crippen LogP contribution in [-0.4, -0.2) is 120 Å². The third kappa shape index (κ3) is 7.73. The first kappa shape index (κ1) is 43.3. The van der Waals surface area contributed by atoms with Crippen LogP contribution in [-0.2, 0) is 27.2 Å². The van der Waals surface area contributed by atoms with Crippen molar-refractivity contribution < 1.29 is 52.1 Å². The zero-order valence-corrected chi connectivity index (χ0v) is 36.6. The SMILES string of the molecule is CC(C)[Si]1(C(C)C)OC[C@H]2O[C@@H](n3cnc4c(N(C(=O)c5ccccc5)C(=O)c5ccccc5)ncnc43)[C@H](O[C@H]3O[C@H](CO)[C@@H](O)[C@H]3O)[C@@H]2O[Si](C(C)C)(C(C)C)O1. The van der Waals surface area contributed by atoms with Gasteiger partial charge in [0.2, 0.25) is 0 Å². The van der Waals surface area contributed by atoms with Gasteiger partial charge in [-0.25, -0.2) is 19.9 Å². The summed E-state index contributed by atoms with van der Waals surface area (Å²) in [5, 5.41) is 31.8. The standard InChI is InChI=1S/C41H55N5O11Si2/c1-23(2)58(24(3)4)52-20-30-34(56-59(57-58,25(5)6)26(7)8)35(55-41-33(49)32(48)29(19-47)54-41)40(53-30)45-22-44-31-36(45)42-21-43-37(31)46(38(50)27-15-11-9-12-16-27)39(51)28-17-13-10-14-18-28/h9-18,21-26,29-30,32-35,40-41,47-49H,19-20H2,1-8H3/t29-,30-,32-,33-,34-,35-,40-,41-/m1/s1. The molecule has 16 nitrogen and oxygen atoms in total. The highest BCUT2D eigenvalue weighted by atomic mass is 28.5. The minimum absolute atomic E-state index is 0.0394. The van der Waals surface area contributed by atoms with Crippen molar-refractivity contribution in [3.05, 3.63) is 84.4 Å². The second-order valence-electron chi connectivity index (χ2n) is 16.6. The molecule has 5 heterocycles. The van der Waals surface area contributed by atoms with E-state index in [1.165, 1.54) is 12.7 Å². The molecule has 2 amide bonds. The van der Waals surface area contributed by atoms with Gasteiger partial charge in [-0.05, 0) is 46.4 Å². The number of amides is 2. The smallest absolute Gasteiger partial charge is 0.335 e. The molecule has 3 aliphatic rings. The number of aliphatic hydroxyl groups excluding tert-OH is 3. The van der Waals surface area contributed by atoms with Gasteiger partial charge in [0, 0.05) is 11.1 Å². The fourth-order valence-electron chi connectivity index (χ4n) is 8.52. The molecule has 0 radical (unpaired) electrons. The Morgan fingerprint density at radius 1 is 0.814 bits per heavy atom. The quantitative estimate of drug-likeness (QED) is 0.135. The average Bonchev–Trinajstić information content (AvgIpc) is 3.88. The normalized spacial score (nSPS) is 28.0. The first-order valence-corrected chi connectivity index (χ1v) is 24.2. The maximum absolute atomic E-state index is 14.2. The number of hydrogen-bond acceptors (Lipinski definition) is 14. The van der Waals surface area contributed by atoms with Crippen molar-refractivity contribution in [3.8, 4) is 0 Å². The van der Waals surface area contributed by atoms with Crippen LogP contribution in [0.3, 0.4) is 0 Å². The van der Waals surface area contributed by atoms with Crippen LogP contribution in [0.2, 0.25) is 22.2 Å². The second kappa shape index (κ2) is 17.3. The van der Waals surface area contributed by atoms with Crippen molar-refractivity contribution in [2.75, 3.05) is 18.1 Å². The summed E-state index contributed by atoms with van der Waals surface area (Å²) >= 11 is 0. The summed E-state index contributed by atoms with van der Waals surface area (Å²) in [5.74, 6) is -1.29. The number of aliphatic hydroxyl groups is 3. The maximum atomic E-state index is 14.2. The van der Waals surface area contributed by atoms with E-state index in [0.29, 0.717) is 0 Å². The number of imidazole rings is 1. The largest absolute Gasteiger partial charge is 0.414 e. The Morgan fingerprint density at radius 3 is 1.92 bits per heavy atom. The van der Waals surface area contributed by atoms with Crippen LogP contribution < -0.4 is 4.90 Å². The molecule has 318 valence electrons. The molecule has 0 unspecified atom stereocenters. The average molecular weight is 850 g/mol. The molecule has 59 heavy (non-hydrogen) atoms. The number of carbonyl (C=O) groups is 2. The van der Waals surface area contributed by atoms with E-state index in [1.54, 1.807) is 65.2 Å². The summed E-state index contributed by atoms with van der Waals surface area (Å²) in [5.41, 5.74) is 0.915. The lowest BCUT2D eigenvalue weighted by Crippen LogP contribution is -2.66. The summed E-state index contributed by atoms with van der Waals surface area (Å²) in [6.07, 6.45) is -6.41. The molecule has 4 aromatic rings. The molecule has 2 aromatic carbocycles. The van der Waals surface area contributed by atoms with Gasteiger partial charge in [0.1, 0.15) is 43.0 Å². The van der Waals surface area contributed by atoms with E-state index in [9.17, 15) is 24.9 Å². The van der Waals surface area contributed by atoms with Gasteiger partial charge < -0.3 is 42.5 Å². The number of imide groups is 1. The highest BCUT2D eigenvalue weighted by molar-refractivity contribution is 6.84. The minimum Gasteiger partial charge on any atom is -0.414 e. The van der Waals surface area contributed by atoms with E-state index in [4.69, 9.17) is 27.2 Å². The molecule has 3 aliphatic heterocycles. The molecule has 3 saturated heterocycles. The number of anilines is 1. The molecule has 2 aromatic heterocycles. The number of ether oxygens (including phenoxy) is 3. The summed E-state index contributed by atoms with van der Waals surface area (Å²) in [7, 11) is -6.23. The van der Waals surface area contributed by atoms with Crippen molar-refractivity contribution >= 4 is 45.9 Å². The van der Waals surface area contributed by atoms with E-state index >= 15 is 0 Å². The highest BCUT2D eigenvalue weighted by Crippen LogP contribution is 2.49. The van der Waals surface area contributed by atoms with Gasteiger partial charge in [-0.2, -0.15) is 0 Å². The third-order valence-corrected chi connectivity index (χ3v) is 21.9. The molecule has 0 spiro atoms. The fourth-order valence-corrected chi connectivity index (χ4v) is 19.7. The third-order valence-electron chi connectivity index (χ3n) is 11.7. The van der Waals surface area contributed by atoms with Crippen LogP contribution >= 0.6 is 0 Å². The van der Waals surface area contributed by atoms with Gasteiger partial charge >= 0.3 is 17.1 Å². The predicted octanol–water partition coefficient (Wildman–Crippen LogP) is 4.99. The molecule has 18 heteroatoms. The Kier molecular flexibility index (Phi) is 12.7. The Bertz CT molecular complexity index is 2020. The monoisotopic (exact) mass is 849 g/mol. The second-order valence-corrected chi connectivity index (χ2v) is 25.5. The Hall–Kier alpha value is -3.80. The minimum atomic E-state index is -3.25. The first-order chi connectivity index (χ1) is 28.1. The van der Waals surface area contributed by atoms with E-state index < -0.39 is 84.7 Å². The van der Waals surface area contributed by atoms with Gasteiger partial charge in [-0.1, -0.05) is 91.8 Å². The van der Waals surface area contributed by atoms with Crippen LogP contribution in [0.25, 0.3) is 11.2 Å². The van der Waals surface area contributed by atoms with E-state index in [0.717, 1.165) is 4.90 Å². The maximum Gasteiger partial charge on any atom is 0.335 e. The highest BCUT2D eigenvalue weighted by Gasteiger charge is 2.63. The van der Waals surface area contributed by atoms with Gasteiger partial charge in [0.25, 0.3) is 11.8 Å². The zero-order valence-electron chi connectivity index (χ0n) is 34.6. The van der Waals surface area contributed by atoms with Crippen LogP contribution in [0, 0.1) is 0 Å². The van der Waals surface area contributed by atoms with Gasteiger partial charge in [-0.15, -0.1) is 0 Å². The number of fused-ring (bicyclic) bond motifs is 2. The number of aromatic nitrogens is 4. The summed E-state index contributed by atoms with van der Waals surface area (Å²) in [4.78, 5) is 43.2. The van der Waals surface area contributed by atoms with Crippen LogP contribution in [0.15, 0.2) is 73.3 Å². The lowest BCUT2D eigenvalue weighted by molar-refractivity contribution is -0.219. The molecule has 0 saturated carbocycles. The number of rotatable bonds is 11. The van der Waals surface area contributed by atoms with Crippen LogP contribution in [0.4, 0.5) is 5.82 Å². The van der Waals surface area contributed by atoms with Crippen molar-refractivity contribution in [1.82, 2.24) is 19.5 Å². The molecule has 0 aliphatic carbocycles. The molecule has 3 fully saturated rings. The molecule has 7 rings (SSSR count). The Balaban J connectivity index is 1.36. The molecule has 3 N–H and O–H groups in total. The topological polar surface area (TPSA) is 197 Å². The zero-order chi connectivity index (χ0) is 42.4. The summed E-state index contributed by atoms with van der Waals surface area (Å²) in [6.45, 7) is 16.4. The molecular weight excluding hydrogens is 795 g/mol. The van der Waals surface area contributed by atoms with E-state index in [2.05, 4.69) is 70.3 Å². The fraction of sp³-hybridized carbons (Fsp3) is 0.537. The molecule has 0 bridgehead atoms. The number of nitrogens with zero attached hydrogens (tertiary/aromatic N) is 5. The number of carbonyl (C=O) groups excluding carboxylic acids is 2. The summed E-state index contributed by atoms with van der Waals surface area (Å²) in [6, 6.07) is 16.8. The first-order valence-electron chi connectivity index (χ1n) is 20.3. The van der Waals surface area contributed by atoms with Crippen molar-refractivity contribution in [1.29, 1.82) is 0 Å². The Morgan fingerprint density at radius 2 is 1.39 bits per heavy atom. The lowest BCUT2D eigenvalue weighted by atomic mass is 10.1. The van der Waals surface area contributed by atoms with Crippen LogP contribution in [0.1, 0.15) is 82.3 Å². The van der Waals surface area contributed by atoms with E-state index in [-0.39, 0.29) is 56.9 Å². The van der Waals surface area contributed by atoms with Crippen molar-refractivity contribution in [2.45, 2.75) is 127 Å². The molecule has 8 atom stereocenters. The van der Waals surface area contributed by atoms with Crippen molar-refractivity contribution in [3.63, 3.8) is 0 Å². The van der Waals surface area contributed by atoms with Crippen molar-refractivity contribution in [2.24, 2.45) is 0 Å². The Labute approximate surface area is 345 Å². The van der Waals surface area contributed by atoms with Gasteiger partial charge in [-0.3, -0.25) is 14.2 Å². The van der Waals surface area contributed by atoms with Gasteiger partial charge in [0.05, 0.1) is 19.5 Å². The van der Waals surface area contributed by atoms with Gasteiger partial charge in [0.15, 0.2) is 29.5 Å².